The van der Waals surface area contributed by atoms with Crippen LogP contribution in [-0.2, 0) is 4.79 Å². The fourth-order valence-electron chi connectivity index (χ4n) is 2.44. The van der Waals surface area contributed by atoms with Crippen LogP contribution in [0.5, 0.6) is 11.5 Å². The van der Waals surface area contributed by atoms with Crippen molar-refractivity contribution in [3.63, 3.8) is 0 Å². The largest absolute Gasteiger partial charge is 0.492 e. The van der Waals surface area contributed by atoms with Crippen molar-refractivity contribution in [2.45, 2.75) is 40.2 Å². The second kappa shape index (κ2) is 9.11. The van der Waals surface area contributed by atoms with Crippen molar-refractivity contribution in [2.24, 2.45) is 0 Å². The van der Waals surface area contributed by atoms with Gasteiger partial charge in [0.05, 0.1) is 6.54 Å². The SMILES string of the molecule is CC[C@H](Oc1cccc(C)c1)C(=O)NCCOc1ccc(C)c(C)c1. The zero-order valence-electron chi connectivity index (χ0n) is 15.5. The molecule has 0 aromatic heterocycles. The number of carbonyl (C=O) groups is 1. The van der Waals surface area contributed by atoms with E-state index in [1.54, 1.807) is 0 Å². The summed E-state index contributed by atoms with van der Waals surface area (Å²) >= 11 is 0. The summed E-state index contributed by atoms with van der Waals surface area (Å²) in [6.45, 7) is 8.93. The van der Waals surface area contributed by atoms with E-state index in [1.807, 2.05) is 56.3 Å². The minimum absolute atomic E-state index is 0.118. The Morgan fingerprint density at radius 2 is 1.84 bits per heavy atom. The maximum Gasteiger partial charge on any atom is 0.261 e. The van der Waals surface area contributed by atoms with E-state index in [0.717, 1.165) is 11.3 Å². The Morgan fingerprint density at radius 3 is 2.52 bits per heavy atom. The van der Waals surface area contributed by atoms with Crippen molar-refractivity contribution in [3.8, 4) is 11.5 Å². The van der Waals surface area contributed by atoms with Gasteiger partial charge in [-0.3, -0.25) is 4.79 Å². The number of amides is 1. The van der Waals surface area contributed by atoms with Crippen LogP contribution in [0.2, 0.25) is 0 Å². The van der Waals surface area contributed by atoms with E-state index in [9.17, 15) is 4.79 Å². The summed E-state index contributed by atoms with van der Waals surface area (Å²) < 4.78 is 11.5. The second-order valence-electron chi connectivity index (χ2n) is 6.22. The zero-order chi connectivity index (χ0) is 18.2. The van der Waals surface area contributed by atoms with Gasteiger partial charge in [0, 0.05) is 0 Å². The number of benzene rings is 2. The van der Waals surface area contributed by atoms with Crippen LogP contribution in [-0.4, -0.2) is 25.2 Å². The number of aryl methyl sites for hydroxylation is 3. The smallest absolute Gasteiger partial charge is 0.261 e. The molecule has 0 unspecified atom stereocenters. The molecule has 2 aromatic carbocycles. The van der Waals surface area contributed by atoms with Crippen LogP contribution in [0.4, 0.5) is 0 Å². The second-order valence-corrected chi connectivity index (χ2v) is 6.22. The van der Waals surface area contributed by atoms with Crippen LogP contribution in [0.3, 0.4) is 0 Å². The molecule has 0 bridgehead atoms. The fraction of sp³-hybridized carbons (Fsp3) is 0.381. The highest BCUT2D eigenvalue weighted by atomic mass is 16.5. The van der Waals surface area contributed by atoms with Crippen LogP contribution < -0.4 is 14.8 Å². The molecule has 0 aliphatic rings. The van der Waals surface area contributed by atoms with Crippen molar-refractivity contribution in [1.29, 1.82) is 0 Å². The molecule has 1 amide bonds. The van der Waals surface area contributed by atoms with Crippen molar-refractivity contribution in [2.75, 3.05) is 13.2 Å². The normalized spacial score (nSPS) is 11.7. The highest BCUT2D eigenvalue weighted by Gasteiger charge is 2.17. The minimum atomic E-state index is -0.497. The molecule has 0 aliphatic heterocycles. The predicted octanol–water partition coefficient (Wildman–Crippen LogP) is 3.96. The molecule has 4 heteroatoms. The molecule has 0 spiro atoms. The Kier molecular flexibility index (Phi) is 6.87. The maximum atomic E-state index is 12.3. The zero-order valence-corrected chi connectivity index (χ0v) is 15.5. The van der Waals surface area contributed by atoms with Gasteiger partial charge in [-0.25, -0.2) is 0 Å². The molecule has 1 N–H and O–H groups in total. The van der Waals surface area contributed by atoms with E-state index < -0.39 is 6.10 Å². The predicted molar refractivity (Wildman–Crippen MR) is 100 cm³/mol. The van der Waals surface area contributed by atoms with Crippen LogP contribution in [0.25, 0.3) is 0 Å². The summed E-state index contributed by atoms with van der Waals surface area (Å²) in [5.41, 5.74) is 3.54. The lowest BCUT2D eigenvalue weighted by Gasteiger charge is -2.17. The molecule has 1 atom stereocenters. The Balaban J connectivity index is 1.78. The Labute approximate surface area is 150 Å². The van der Waals surface area contributed by atoms with E-state index in [0.29, 0.717) is 25.3 Å². The molecule has 25 heavy (non-hydrogen) atoms. The summed E-state index contributed by atoms with van der Waals surface area (Å²) in [6, 6.07) is 13.7. The van der Waals surface area contributed by atoms with Crippen molar-refractivity contribution >= 4 is 5.91 Å². The molecule has 2 aromatic rings. The van der Waals surface area contributed by atoms with Gasteiger partial charge in [-0.1, -0.05) is 25.1 Å². The Bertz CT molecular complexity index is 712. The molecule has 0 heterocycles. The van der Waals surface area contributed by atoms with E-state index in [1.165, 1.54) is 11.1 Å². The van der Waals surface area contributed by atoms with Crippen molar-refractivity contribution < 1.29 is 14.3 Å². The molecular weight excluding hydrogens is 314 g/mol. The van der Waals surface area contributed by atoms with Gasteiger partial charge in [0.25, 0.3) is 5.91 Å². The maximum absolute atomic E-state index is 12.3. The quantitative estimate of drug-likeness (QED) is 0.739. The lowest BCUT2D eigenvalue weighted by molar-refractivity contribution is -0.128. The van der Waals surface area contributed by atoms with Gasteiger partial charge in [-0.15, -0.1) is 0 Å². The molecule has 4 nitrogen and oxygen atoms in total. The highest BCUT2D eigenvalue weighted by Crippen LogP contribution is 2.17. The van der Waals surface area contributed by atoms with Gasteiger partial charge < -0.3 is 14.8 Å². The first-order valence-corrected chi connectivity index (χ1v) is 8.70. The number of nitrogens with one attached hydrogen (secondary N) is 1. The average Bonchev–Trinajstić information content (AvgIpc) is 2.59. The van der Waals surface area contributed by atoms with Crippen LogP contribution in [0, 0.1) is 20.8 Å². The number of ether oxygens (including phenoxy) is 2. The monoisotopic (exact) mass is 341 g/mol. The van der Waals surface area contributed by atoms with Gasteiger partial charge in [0.15, 0.2) is 6.10 Å². The number of hydrogen-bond acceptors (Lipinski definition) is 3. The first-order valence-electron chi connectivity index (χ1n) is 8.70. The molecule has 0 aliphatic carbocycles. The highest BCUT2D eigenvalue weighted by molar-refractivity contribution is 5.81. The lowest BCUT2D eigenvalue weighted by Crippen LogP contribution is -2.39. The Hall–Kier alpha value is -2.49. The fourth-order valence-corrected chi connectivity index (χ4v) is 2.44. The van der Waals surface area contributed by atoms with Gasteiger partial charge in [0.1, 0.15) is 18.1 Å². The summed E-state index contributed by atoms with van der Waals surface area (Å²) in [4.78, 5) is 12.3. The molecule has 0 saturated heterocycles. The van der Waals surface area contributed by atoms with Gasteiger partial charge in [0.2, 0.25) is 0 Å². The number of carbonyl (C=O) groups excluding carboxylic acids is 1. The molecule has 134 valence electrons. The third-order valence-corrected chi connectivity index (χ3v) is 4.08. The molecule has 2 rings (SSSR count). The van der Waals surface area contributed by atoms with E-state index in [4.69, 9.17) is 9.47 Å². The molecule has 0 fully saturated rings. The molecule has 0 radical (unpaired) electrons. The van der Waals surface area contributed by atoms with Gasteiger partial charge in [-0.2, -0.15) is 0 Å². The minimum Gasteiger partial charge on any atom is -0.492 e. The number of rotatable bonds is 8. The third-order valence-electron chi connectivity index (χ3n) is 4.08. The van der Waals surface area contributed by atoms with Gasteiger partial charge in [-0.05, 0) is 68.1 Å². The van der Waals surface area contributed by atoms with E-state index in [-0.39, 0.29) is 5.91 Å². The summed E-state index contributed by atoms with van der Waals surface area (Å²) in [6.07, 6.45) is 0.112. The van der Waals surface area contributed by atoms with Crippen molar-refractivity contribution in [1.82, 2.24) is 5.32 Å². The van der Waals surface area contributed by atoms with Crippen LogP contribution in [0.15, 0.2) is 42.5 Å². The third kappa shape index (κ3) is 5.82. The first kappa shape index (κ1) is 18.8. The standard InChI is InChI=1S/C21H27NO3/c1-5-20(25-19-8-6-7-15(2)13-19)21(23)22-11-12-24-18-10-9-16(3)17(4)14-18/h6-10,13-14,20H,5,11-12H2,1-4H3,(H,22,23)/t20-/m0/s1. The van der Waals surface area contributed by atoms with Gasteiger partial charge >= 0.3 is 0 Å². The van der Waals surface area contributed by atoms with Crippen molar-refractivity contribution in [3.05, 3.63) is 59.2 Å². The van der Waals surface area contributed by atoms with Crippen LogP contribution >= 0.6 is 0 Å². The number of hydrogen-bond donors (Lipinski definition) is 1. The Morgan fingerprint density at radius 1 is 1.04 bits per heavy atom. The molecular formula is C21H27NO3. The van der Waals surface area contributed by atoms with Crippen LogP contribution in [0.1, 0.15) is 30.0 Å². The summed E-state index contributed by atoms with van der Waals surface area (Å²) in [5.74, 6) is 1.42. The summed E-state index contributed by atoms with van der Waals surface area (Å²) in [5, 5.41) is 2.88. The summed E-state index contributed by atoms with van der Waals surface area (Å²) in [7, 11) is 0. The van der Waals surface area contributed by atoms with E-state index >= 15 is 0 Å². The topological polar surface area (TPSA) is 47.6 Å². The first-order chi connectivity index (χ1) is 12.0. The lowest BCUT2D eigenvalue weighted by atomic mass is 10.1. The molecule has 0 saturated carbocycles. The van der Waals surface area contributed by atoms with E-state index in [2.05, 4.69) is 19.2 Å². The average molecular weight is 341 g/mol.